The molecule has 0 radical (unpaired) electrons. The number of hydrogen-bond donors (Lipinski definition) is 2. The van der Waals surface area contributed by atoms with Crippen LogP contribution in [0, 0.1) is 5.82 Å². The summed E-state index contributed by atoms with van der Waals surface area (Å²) in [5, 5.41) is 8.89. The van der Waals surface area contributed by atoms with Crippen molar-refractivity contribution >= 4 is 39.4 Å². The molecule has 0 atom stereocenters. The Hall–Kier alpha value is -3.54. The summed E-state index contributed by atoms with van der Waals surface area (Å²) in [5.41, 5.74) is 0.217. The fourth-order valence-electron chi connectivity index (χ4n) is 2.93. The lowest BCUT2D eigenvalue weighted by Gasteiger charge is -2.39. The number of H-pyrrole nitrogens is 1. The Bertz CT molecular complexity index is 1130. The summed E-state index contributed by atoms with van der Waals surface area (Å²) >= 11 is 3.34. The van der Waals surface area contributed by atoms with Crippen molar-refractivity contribution in [1.29, 1.82) is 0 Å². The second-order valence-corrected chi connectivity index (χ2v) is 7.68. The lowest BCUT2D eigenvalue weighted by Crippen LogP contribution is -2.54. The van der Waals surface area contributed by atoms with Crippen LogP contribution < -0.4 is 15.0 Å². The third-order valence-corrected chi connectivity index (χ3v) is 5.20. The quantitative estimate of drug-likeness (QED) is 0.471. The van der Waals surface area contributed by atoms with Crippen LogP contribution in [-0.4, -0.2) is 57.8 Å². The standard InChI is InChI=1S/C20H18BrFN6O4/c1-2-31-20(30)14-6-17(27-26-14)25-19(29)15-7-24-18(8-23-15)28-9-12(10-28)32-16-5-11(22)3-4-13(16)21/h3-8,12H,2,9-10H2,1H3,(H2,25,26,27,29). The first kappa shape index (κ1) is 21.7. The van der Waals surface area contributed by atoms with Gasteiger partial charge in [0.1, 0.15) is 34.9 Å². The third-order valence-electron chi connectivity index (χ3n) is 4.54. The van der Waals surface area contributed by atoms with Crippen molar-refractivity contribution in [2.24, 2.45) is 0 Å². The molecule has 12 heteroatoms. The molecule has 2 aromatic heterocycles. The van der Waals surface area contributed by atoms with Crippen LogP contribution in [0.15, 0.2) is 41.1 Å². The maximum absolute atomic E-state index is 13.4. The van der Waals surface area contributed by atoms with E-state index in [-0.39, 0.29) is 35.7 Å². The summed E-state index contributed by atoms with van der Waals surface area (Å²) in [5.74, 6) is -0.263. The van der Waals surface area contributed by atoms with Crippen molar-refractivity contribution in [3.63, 3.8) is 0 Å². The first-order chi connectivity index (χ1) is 15.4. The number of aromatic nitrogens is 4. The average Bonchev–Trinajstić information content (AvgIpc) is 3.22. The fraction of sp³-hybridized carbons (Fsp3) is 0.250. The van der Waals surface area contributed by atoms with Crippen LogP contribution >= 0.6 is 15.9 Å². The molecule has 2 N–H and O–H groups in total. The zero-order chi connectivity index (χ0) is 22.7. The summed E-state index contributed by atoms with van der Waals surface area (Å²) in [7, 11) is 0. The molecule has 1 fully saturated rings. The molecule has 0 spiro atoms. The Labute approximate surface area is 190 Å². The molecule has 4 rings (SSSR count). The van der Waals surface area contributed by atoms with Gasteiger partial charge in [-0.25, -0.2) is 19.2 Å². The Morgan fingerprint density at radius 1 is 1.28 bits per heavy atom. The van der Waals surface area contributed by atoms with E-state index in [0.717, 1.165) is 0 Å². The van der Waals surface area contributed by atoms with Crippen LogP contribution in [0.5, 0.6) is 5.75 Å². The number of hydrogen-bond acceptors (Lipinski definition) is 8. The highest BCUT2D eigenvalue weighted by molar-refractivity contribution is 9.10. The van der Waals surface area contributed by atoms with Crippen molar-refractivity contribution in [3.05, 3.63) is 58.3 Å². The van der Waals surface area contributed by atoms with Gasteiger partial charge in [0.05, 0.1) is 36.6 Å². The lowest BCUT2D eigenvalue weighted by molar-refractivity contribution is 0.0519. The number of nitrogens with one attached hydrogen (secondary N) is 2. The van der Waals surface area contributed by atoms with E-state index in [1.54, 1.807) is 13.0 Å². The molecule has 0 unspecified atom stereocenters. The first-order valence-corrected chi connectivity index (χ1v) is 10.4. The molecule has 166 valence electrons. The van der Waals surface area contributed by atoms with Gasteiger partial charge in [-0.05, 0) is 35.0 Å². The Morgan fingerprint density at radius 2 is 2.09 bits per heavy atom. The third kappa shape index (κ3) is 4.85. The number of carbonyl (C=O) groups excluding carboxylic acids is 2. The van der Waals surface area contributed by atoms with Gasteiger partial charge < -0.3 is 19.7 Å². The first-order valence-electron chi connectivity index (χ1n) is 9.65. The molecule has 0 bridgehead atoms. The van der Waals surface area contributed by atoms with Crippen molar-refractivity contribution in [1.82, 2.24) is 20.2 Å². The van der Waals surface area contributed by atoms with Crippen molar-refractivity contribution in [2.45, 2.75) is 13.0 Å². The molecule has 3 aromatic rings. The second kappa shape index (κ2) is 9.30. The average molecular weight is 505 g/mol. The van der Waals surface area contributed by atoms with Crippen molar-refractivity contribution in [2.75, 3.05) is 29.9 Å². The van der Waals surface area contributed by atoms with E-state index >= 15 is 0 Å². The Kier molecular flexibility index (Phi) is 6.30. The zero-order valence-electron chi connectivity index (χ0n) is 16.8. The maximum Gasteiger partial charge on any atom is 0.356 e. The van der Waals surface area contributed by atoms with E-state index < -0.39 is 11.9 Å². The number of nitrogens with zero attached hydrogens (tertiary/aromatic N) is 4. The van der Waals surface area contributed by atoms with E-state index in [2.05, 4.69) is 41.4 Å². The van der Waals surface area contributed by atoms with Crippen LogP contribution in [0.1, 0.15) is 27.9 Å². The highest BCUT2D eigenvalue weighted by Gasteiger charge is 2.30. The van der Waals surface area contributed by atoms with Crippen LogP contribution in [0.25, 0.3) is 0 Å². The minimum Gasteiger partial charge on any atom is -0.485 e. The predicted molar refractivity (Wildman–Crippen MR) is 115 cm³/mol. The van der Waals surface area contributed by atoms with Crippen LogP contribution in [0.2, 0.25) is 0 Å². The normalized spacial score (nSPS) is 13.4. The zero-order valence-corrected chi connectivity index (χ0v) is 18.4. The molecule has 1 aliphatic rings. The summed E-state index contributed by atoms with van der Waals surface area (Å²) in [6.07, 6.45) is 2.71. The number of aromatic amines is 1. The molecule has 10 nitrogen and oxygen atoms in total. The maximum atomic E-state index is 13.4. The molecule has 0 aliphatic carbocycles. The minimum atomic E-state index is -0.564. The van der Waals surface area contributed by atoms with Gasteiger partial charge >= 0.3 is 5.97 Å². The summed E-state index contributed by atoms with van der Waals surface area (Å²) < 4.78 is 24.7. The van der Waals surface area contributed by atoms with Crippen LogP contribution in [0.4, 0.5) is 16.0 Å². The number of amides is 1. The topological polar surface area (TPSA) is 122 Å². The van der Waals surface area contributed by atoms with Crippen molar-refractivity contribution < 1.29 is 23.5 Å². The van der Waals surface area contributed by atoms with Gasteiger partial charge in [0.25, 0.3) is 5.91 Å². The molecule has 1 aromatic carbocycles. The summed E-state index contributed by atoms with van der Waals surface area (Å²) in [6, 6.07) is 5.64. The minimum absolute atomic E-state index is 0.0893. The summed E-state index contributed by atoms with van der Waals surface area (Å²) in [4.78, 5) is 34.3. The number of rotatable bonds is 7. The highest BCUT2D eigenvalue weighted by atomic mass is 79.9. The molecule has 0 saturated carbocycles. The monoisotopic (exact) mass is 504 g/mol. The number of ether oxygens (including phenoxy) is 2. The lowest BCUT2D eigenvalue weighted by atomic mass is 10.1. The molecule has 32 heavy (non-hydrogen) atoms. The van der Waals surface area contributed by atoms with Gasteiger partial charge in [0.2, 0.25) is 0 Å². The molecule has 1 amide bonds. The summed E-state index contributed by atoms with van der Waals surface area (Å²) in [6.45, 7) is 3.02. The molecule has 1 saturated heterocycles. The molecular formula is C20H18BrFN6O4. The second-order valence-electron chi connectivity index (χ2n) is 6.82. The Balaban J connectivity index is 1.30. The van der Waals surface area contributed by atoms with Crippen molar-refractivity contribution in [3.8, 4) is 5.75 Å². The van der Waals surface area contributed by atoms with E-state index in [1.807, 2.05) is 4.90 Å². The van der Waals surface area contributed by atoms with E-state index in [1.165, 1.54) is 30.6 Å². The van der Waals surface area contributed by atoms with Gasteiger partial charge in [-0.15, -0.1) is 0 Å². The van der Waals surface area contributed by atoms with Gasteiger partial charge in [0, 0.05) is 12.1 Å². The number of halogens is 2. The van der Waals surface area contributed by atoms with Crippen LogP contribution in [0.3, 0.4) is 0 Å². The van der Waals surface area contributed by atoms with E-state index in [4.69, 9.17) is 9.47 Å². The number of esters is 1. The Morgan fingerprint density at radius 3 is 2.81 bits per heavy atom. The fourth-order valence-corrected chi connectivity index (χ4v) is 3.27. The van der Waals surface area contributed by atoms with Gasteiger partial charge in [-0.2, -0.15) is 5.10 Å². The molecule has 1 aliphatic heterocycles. The van der Waals surface area contributed by atoms with E-state index in [9.17, 15) is 14.0 Å². The smallest absolute Gasteiger partial charge is 0.356 e. The van der Waals surface area contributed by atoms with Gasteiger partial charge in [-0.3, -0.25) is 9.89 Å². The number of benzene rings is 1. The van der Waals surface area contributed by atoms with Gasteiger partial charge in [-0.1, -0.05) is 0 Å². The largest absolute Gasteiger partial charge is 0.485 e. The predicted octanol–water partition coefficient (Wildman–Crippen LogP) is 2.80. The van der Waals surface area contributed by atoms with Crippen LogP contribution in [-0.2, 0) is 4.74 Å². The van der Waals surface area contributed by atoms with Gasteiger partial charge in [0.15, 0.2) is 5.82 Å². The molecule has 3 heterocycles. The molecular weight excluding hydrogens is 487 g/mol. The highest BCUT2D eigenvalue weighted by Crippen LogP contribution is 2.29. The SMILES string of the molecule is CCOC(=O)c1cc(NC(=O)c2cnc(N3CC(Oc4cc(F)ccc4Br)C3)cn2)n[nH]1. The number of anilines is 2. The van der Waals surface area contributed by atoms with E-state index in [0.29, 0.717) is 29.1 Å². The number of carbonyl (C=O) groups is 2.